The molecule has 8 nitrogen and oxygen atoms in total. The van der Waals surface area contributed by atoms with Gasteiger partial charge in [-0.05, 0) is 55.3 Å². The second-order valence-corrected chi connectivity index (χ2v) is 10.8. The maximum atomic E-state index is 13.9. The van der Waals surface area contributed by atoms with Crippen molar-refractivity contribution in [3.63, 3.8) is 0 Å². The monoisotopic (exact) mass is 555 g/mol. The number of halogens is 1. The van der Waals surface area contributed by atoms with Crippen LogP contribution in [0.5, 0.6) is 5.75 Å². The Hall–Kier alpha value is -3.92. The highest BCUT2D eigenvalue weighted by Gasteiger charge is 2.33. The van der Waals surface area contributed by atoms with E-state index < -0.39 is 34.3 Å². The molecule has 0 fully saturated rings. The maximum absolute atomic E-state index is 13.9. The first-order valence-corrected chi connectivity index (χ1v) is 14.2. The lowest BCUT2D eigenvalue weighted by Gasteiger charge is -2.32. The smallest absolute Gasteiger partial charge is 0.264 e. The van der Waals surface area contributed by atoms with E-state index in [2.05, 4.69) is 5.32 Å². The zero-order valence-corrected chi connectivity index (χ0v) is 23.2. The van der Waals surface area contributed by atoms with E-state index in [0.29, 0.717) is 12.1 Å². The van der Waals surface area contributed by atoms with Gasteiger partial charge in [0.25, 0.3) is 10.0 Å². The van der Waals surface area contributed by atoms with Crippen LogP contribution in [0.3, 0.4) is 0 Å². The van der Waals surface area contributed by atoms with Crippen LogP contribution in [-0.4, -0.2) is 51.4 Å². The number of sulfonamides is 1. The van der Waals surface area contributed by atoms with Crippen LogP contribution >= 0.6 is 0 Å². The molecular weight excluding hydrogens is 521 g/mol. The largest absolute Gasteiger partial charge is 0.495 e. The number of nitrogens with one attached hydrogen (secondary N) is 1. The number of ether oxygens (including phenoxy) is 1. The van der Waals surface area contributed by atoms with Gasteiger partial charge in [-0.3, -0.25) is 13.9 Å². The Morgan fingerprint density at radius 1 is 0.974 bits per heavy atom. The van der Waals surface area contributed by atoms with Crippen molar-refractivity contribution in [2.24, 2.45) is 0 Å². The first-order valence-electron chi connectivity index (χ1n) is 12.7. The van der Waals surface area contributed by atoms with E-state index in [-0.39, 0.29) is 28.8 Å². The minimum Gasteiger partial charge on any atom is -0.495 e. The van der Waals surface area contributed by atoms with Crippen molar-refractivity contribution in [3.05, 3.63) is 90.2 Å². The topological polar surface area (TPSA) is 96.0 Å². The summed E-state index contributed by atoms with van der Waals surface area (Å²) in [6.45, 7) is 3.42. The summed E-state index contributed by atoms with van der Waals surface area (Å²) in [5.41, 5.74) is 0.770. The van der Waals surface area contributed by atoms with Crippen LogP contribution in [0.1, 0.15) is 32.3 Å². The van der Waals surface area contributed by atoms with E-state index in [1.807, 2.05) is 6.92 Å². The predicted octanol–water partition coefficient (Wildman–Crippen LogP) is 4.36. The van der Waals surface area contributed by atoms with Gasteiger partial charge in [0, 0.05) is 13.1 Å². The van der Waals surface area contributed by atoms with E-state index in [0.717, 1.165) is 17.1 Å². The first-order chi connectivity index (χ1) is 18.7. The van der Waals surface area contributed by atoms with Crippen LogP contribution in [0, 0.1) is 5.82 Å². The third-order valence-corrected chi connectivity index (χ3v) is 8.00. The lowest BCUT2D eigenvalue weighted by molar-refractivity contribution is -0.139. The summed E-state index contributed by atoms with van der Waals surface area (Å²) in [5.74, 6) is -1.14. The highest BCUT2D eigenvalue weighted by molar-refractivity contribution is 7.92. The van der Waals surface area contributed by atoms with Gasteiger partial charge in [0.1, 0.15) is 24.2 Å². The molecule has 0 aliphatic carbocycles. The predicted molar refractivity (Wildman–Crippen MR) is 148 cm³/mol. The molecule has 3 aromatic rings. The van der Waals surface area contributed by atoms with Gasteiger partial charge < -0.3 is 15.0 Å². The number of benzene rings is 3. The van der Waals surface area contributed by atoms with Gasteiger partial charge in [-0.25, -0.2) is 12.8 Å². The lowest BCUT2D eigenvalue weighted by Crippen LogP contribution is -2.51. The maximum Gasteiger partial charge on any atom is 0.264 e. The molecule has 1 N–H and O–H groups in total. The average Bonchev–Trinajstić information content (AvgIpc) is 2.95. The number of anilines is 1. The molecule has 3 rings (SSSR count). The SMILES string of the molecule is CCCCNC(=O)[C@H](C)N(Cc1ccc(F)cc1)C(=O)CN(c1ccccc1OC)S(=O)(=O)c1ccccc1. The fourth-order valence-corrected chi connectivity index (χ4v) is 5.42. The van der Waals surface area contributed by atoms with Gasteiger partial charge in [-0.1, -0.05) is 55.8 Å². The van der Waals surface area contributed by atoms with Gasteiger partial charge in [0.2, 0.25) is 11.8 Å². The van der Waals surface area contributed by atoms with Crippen LogP contribution in [0.25, 0.3) is 0 Å². The number of hydrogen-bond donors (Lipinski definition) is 1. The minimum atomic E-state index is -4.20. The Morgan fingerprint density at radius 2 is 1.62 bits per heavy atom. The van der Waals surface area contributed by atoms with Crippen molar-refractivity contribution < 1.29 is 27.1 Å². The Bertz CT molecular complexity index is 1350. The highest BCUT2D eigenvalue weighted by atomic mass is 32.2. The Kier molecular flexibility index (Phi) is 10.4. The molecule has 0 spiro atoms. The summed E-state index contributed by atoms with van der Waals surface area (Å²) in [4.78, 5) is 28.1. The van der Waals surface area contributed by atoms with E-state index in [4.69, 9.17) is 4.74 Å². The second kappa shape index (κ2) is 13.7. The number of carbonyl (C=O) groups is 2. The van der Waals surface area contributed by atoms with E-state index in [1.54, 1.807) is 49.4 Å². The molecule has 0 heterocycles. The first kappa shape index (κ1) is 29.6. The normalized spacial score (nSPS) is 11.9. The van der Waals surface area contributed by atoms with Gasteiger partial charge in [0.05, 0.1) is 17.7 Å². The molecule has 0 saturated carbocycles. The van der Waals surface area contributed by atoms with Crippen LogP contribution < -0.4 is 14.4 Å². The van der Waals surface area contributed by atoms with Crippen molar-refractivity contribution in [3.8, 4) is 5.75 Å². The molecule has 0 saturated heterocycles. The Balaban J connectivity index is 2.02. The molecule has 1 atom stereocenters. The van der Waals surface area contributed by atoms with Crippen molar-refractivity contribution in [1.29, 1.82) is 0 Å². The third kappa shape index (κ3) is 7.57. The summed E-state index contributed by atoms with van der Waals surface area (Å²) >= 11 is 0. The molecule has 208 valence electrons. The van der Waals surface area contributed by atoms with Crippen molar-refractivity contribution >= 4 is 27.5 Å². The van der Waals surface area contributed by atoms with Gasteiger partial charge >= 0.3 is 0 Å². The van der Waals surface area contributed by atoms with Crippen molar-refractivity contribution in [2.45, 2.75) is 44.2 Å². The number of nitrogens with zero attached hydrogens (tertiary/aromatic N) is 2. The average molecular weight is 556 g/mol. The summed E-state index contributed by atoms with van der Waals surface area (Å²) in [7, 11) is -2.79. The molecule has 39 heavy (non-hydrogen) atoms. The van der Waals surface area contributed by atoms with Crippen LogP contribution in [0.4, 0.5) is 10.1 Å². The summed E-state index contributed by atoms with van der Waals surface area (Å²) < 4.78 is 47.6. The van der Waals surface area contributed by atoms with Gasteiger partial charge in [-0.2, -0.15) is 0 Å². The molecule has 0 aromatic heterocycles. The van der Waals surface area contributed by atoms with Crippen LogP contribution in [0.15, 0.2) is 83.8 Å². The van der Waals surface area contributed by atoms with E-state index in [9.17, 15) is 22.4 Å². The standard InChI is InChI=1S/C29H34FN3O5S/c1-4-5-19-31-29(35)22(2)32(20-23-15-17-24(30)18-16-23)28(34)21-33(26-13-9-10-14-27(26)38-3)39(36,37)25-11-7-6-8-12-25/h6-18,22H,4-5,19-21H2,1-3H3,(H,31,35)/t22-/m0/s1. The second-order valence-electron chi connectivity index (χ2n) is 8.97. The van der Waals surface area contributed by atoms with Crippen LogP contribution in [-0.2, 0) is 26.2 Å². The molecule has 10 heteroatoms. The molecule has 0 bridgehead atoms. The number of unbranched alkanes of at least 4 members (excludes halogenated alkanes) is 1. The minimum absolute atomic E-state index is 0.000789. The number of amides is 2. The molecule has 0 radical (unpaired) electrons. The summed E-state index contributed by atoms with van der Waals surface area (Å²) in [5, 5.41) is 2.83. The molecule has 0 unspecified atom stereocenters. The van der Waals surface area contributed by atoms with Crippen molar-refractivity contribution in [1.82, 2.24) is 10.2 Å². The molecular formula is C29H34FN3O5S. The number of carbonyl (C=O) groups excluding carboxylic acids is 2. The fourth-order valence-electron chi connectivity index (χ4n) is 3.97. The summed E-state index contributed by atoms with van der Waals surface area (Å²) in [6.07, 6.45) is 1.67. The Morgan fingerprint density at radius 3 is 2.26 bits per heavy atom. The number of para-hydroxylation sites is 2. The molecule has 0 aliphatic heterocycles. The highest BCUT2D eigenvalue weighted by Crippen LogP contribution is 2.32. The van der Waals surface area contributed by atoms with E-state index in [1.165, 1.54) is 48.4 Å². The number of rotatable bonds is 13. The molecule has 0 aliphatic rings. The number of methoxy groups -OCH3 is 1. The number of hydrogen-bond acceptors (Lipinski definition) is 5. The third-order valence-electron chi connectivity index (χ3n) is 6.23. The molecule has 3 aromatic carbocycles. The van der Waals surface area contributed by atoms with Crippen molar-refractivity contribution in [2.75, 3.05) is 24.5 Å². The molecule has 2 amide bonds. The Labute approximate surface area is 229 Å². The van der Waals surface area contributed by atoms with E-state index >= 15 is 0 Å². The zero-order chi connectivity index (χ0) is 28.4. The fraction of sp³-hybridized carbons (Fsp3) is 0.310. The van der Waals surface area contributed by atoms with Gasteiger partial charge in [-0.15, -0.1) is 0 Å². The quantitative estimate of drug-likeness (QED) is 0.316. The summed E-state index contributed by atoms with van der Waals surface area (Å²) in [6, 6.07) is 18.9. The van der Waals surface area contributed by atoms with Crippen LogP contribution in [0.2, 0.25) is 0 Å². The van der Waals surface area contributed by atoms with Gasteiger partial charge in [0.15, 0.2) is 0 Å². The zero-order valence-electron chi connectivity index (χ0n) is 22.3. The lowest BCUT2D eigenvalue weighted by atomic mass is 10.1.